The summed E-state index contributed by atoms with van der Waals surface area (Å²) < 4.78 is 16.6. The molecule has 3 rings (SSSR count). The maximum atomic E-state index is 12.1. The van der Waals surface area contributed by atoms with Crippen LogP contribution in [0.2, 0.25) is 5.02 Å². The molecule has 7 heteroatoms. The third kappa shape index (κ3) is 3.39. The largest absolute Gasteiger partial charge is 0.497 e. The summed E-state index contributed by atoms with van der Waals surface area (Å²) in [5.74, 6) is 1.29. The molecular formula is C18H17ClN2O4. The predicted octanol–water partition coefficient (Wildman–Crippen LogP) is 3.60. The average molecular weight is 361 g/mol. The molecule has 1 aliphatic heterocycles. The van der Waals surface area contributed by atoms with Crippen molar-refractivity contribution in [1.82, 2.24) is 5.01 Å². The second kappa shape index (κ2) is 7.03. The van der Waals surface area contributed by atoms with Crippen molar-refractivity contribution in [2.75, 3.05) is 14.2 Å². The Labute approximate surface area is 150 Å². The molecule has 2 aromatic carbocycles. The molecule has 0 fully saturated rings. The highest BCUT2D eigenvalue weighted by atomic mass is 35.5. The maximum absolute atomic E-state index is 12.1. The third-order valence-electron chi connectivity index (χ3n) is 3.76. The van der Waals surface area contributed by atoms with Crippen LogP contribution in [0.5, 0.6) is 11.5 Å². The minimum Gasteiger partial charge on any atom is -0.497 e. The third-order valence-corrected chi connectivity index (χ3v) is 4.01. The quantitative estimate of drug-likeness (QED) is 0.835. The summed E-state index contributed by atoms with van der Waals surface area (Å²) in [5.41, 5.74) is 1.37. The van der Waals surface area contributed by atoms with E-state index in [9.17, 15) is 4.79 Å². The topological polar surface area (TPSA) is 60.4 Å². The highest BCUT2D eigenvalue weighted by Crippen LogP contribution is 2.37. The Bertz CT molecular complexity index is 820. The van der Waals surface area contributed by atoms with Crippen LogP contribution in [-0.2, 0) is 9.53 Å². The molecule has 1 amide bonds. The Morgan fingerprint density at radius 2 is 1.88 bits per heavy atom. The molecule has 0 spiro atoms. The van der Waals surface area contributed by atoms with E-state index in [1.165, 1.54) is 11.9 Å². The second-order valence-electron chi connectivity index (χ2n) is 5.35. The number of hydrogen-bond donors (Lipinski definition) is 0. The summed E-state index contributed by atoms with van der Waals surface area (Å²) in [6, 6.07) is 12.3. The SMILES string of the molecule is COc1ccc(OC)c([C@H]2OC(c3ccc(Cl)cc3)=NN2C(C)=O)c1. The van der Waals surface area contributed by atoms with Crippen LogP contribution >= 0.6 is 11.6 Å². The van der Waals surface area contributed by atoms with Crippen LogP contribution in [0.15, 0.2) is 47.6 Å². The van der Waals surface area contributed by atoms with Gasteiger partial charge in [-0.15, -0.1) is 5.10 Å². The van der Waals surface area contributed by atoms with Crippen molar-refractivity contribution in [2.45, 2.75) is 13.2 Å². The molecule has 0 aliphatic carbocycles. The Kier molecular flexibility index (Phi) is 4.81. The summed E-state index contributed by atoms with van der Waals surface area (Å²) in [7, 11) is 3.12. The first kappa shape index (κ1) is 17.1. The van der Waals surface area contributed by atoms with E-state index in [0.29, 0.717) is 28.0 Å². The molecule has 1 heterocycles. The highest BCUT2D eigenvalue weighted by molar-refractivity contribution is 6.30. The molecule has 0 saturated carbocycles. The first-order chi connectivity index (χ1) is 12.0. The molecule has 0 saturated heterocycles. The van der Waals surface area contributed by atoms with Gasteiger partial charge in [0, 0.05) is 17.5 Å². The number of benzene rings is 2. The van der Waals surface area contributed by atoms with E-state index < -0.39 is 6.23 Å². The van der Waals surface area contributed by atoms with Gasteiger partial charge < -0.3 is 14.2 Å². The van der Waals surface area contributed by atoms with Crippen molar-refractivity contribution in [3.63, 3.8) is 0 Å². The van der Waals surface area contributed by atoms with Crippen molar-refractivity contribution < 1.29 is 19.0 Å². The molecule has 130 valence electrons. The van der Waals surface area contributed by atoms with Gasteiger partial charge in [0.25, 0.3) is 0 Å². The molecule has 1 atom stereocenters. The molecule has 0 radical (unpaired) electrons. The summed E-state index contributed by atoms with van der Waals surface area (Å²) in [6.07, 6.45) is -0.742. The molecule has 0 bridgehead atoms. The van der Waals surface area contributed by atoms with Crippen molar-refractivity contribution in [1.29, 1.82) is 0 Å². The summed E-state index contributed by atoms with van der Waals surface area (Å²) >= 11 is 5.92. The monoisotopic (exact) mass is 360 g/mol. The lowest BCUT2D eigenvalue weighted by Crippen LogP contribution is -2.25. The fraction of sp³-hybridized carbons (Fsp3) is 0.222. The first-order valence-corrected chi connectivity index (χ1v) is 7.94. The normalized spacial score (nSPS) is 16.2. The second-order valence-corrected chi connectivity index (χ2v) is 5.79. The lowest BCUT2D eigenvalue weighted by molar-refractivity contribution is -0.135. The summed E-state index contributed by atoms with van der Waals surface area (Å²) in [5, 5.41) is 6.20. The molecule has 25 heavy (non-hydrogen) atoms. The molecule has 0 unspecified atom stereocenters. The zero-order chi connectivity index (χ0) is 18.0. The Morgan fingerprint density at radius 3 is 2.48 bits per heavy atom. The van der Waals surface area contributed by atoms with Crippen molar-refractivity contribution in [3.05, 3.63) is 58.6 Å². The van der Waals surface area contributed by atoms with E-state index >= 15 is 0 Å². The number of ether oxygens (including phenoxy) is 3. The van der Waals surface area contributed by atoms with Crippen LogP contribution in [0.25, 0.3) is 0 Å². The van der Waals surface area contributed by atoms with Crippen LogP contribution in [0.4, 0.5) is 0 Å². The number of hydrazone groups is 1. The molecule has 0 aromatic heterocycles. The van der Waals surface area contributed by atoms with E-state index in [-0.39, 0.29) is 5.91 Å². The van der Waals surface area contributed by atoms with Gasteiger partial charge in [0.05, 0.1) is 19.8 Å². The fourth-order valence-corrected chi connectivity index (χ4v) is 2.64. The van der Waals surface area contributed by atoms with Crippen LogP contribution in [0.3, 0.4) is 0 Å². The summed E-state index contributed by atoms with van der Waals surface area (Å²) in [6.45, 7) is 1.43. The lowest BCUT2D eigenvalue weighted by Gasteiger charge is -2.21. The fourth-order valence-electron chi connectivity index (χ4n) is 2.51. The number of nitrogens with zero attached hydrogens (tertiary/aromatic N) is 2. The van der Waals surface area contributed by atoms with Crippen LogP contribution in [0, 0.1) is 0 Å². The van der Waals surface area contributed by atoms with Crippen LogP contribution in [-0.4, -0.2) is 31.0 Å². The predicted molar refractivity (Wildman–Crippen MR) is 93.9 cm³/mol. The van der Waals surface area contributed by atoms with Crippen molar-refractivity contribution in [2.24, 2.45) is 5.10 Å². The number of carbonyl (C=O) groups excluding carboxylic acids is 1. The Balaban J connectivity index is 2.00. The number of halogens is 1. The van der Waals surface area contributed by atoms with Gasteiger partial charge in [-0.2, -0.15) is 5.01 Å². The van der Waals surface area contributed by atoms with Gasteiger partial charge in [0.2, 0.25) is 18.0 Å². The number of amides is 1. The number of rotatable bonds is 4. The number of carbonyl (C=O) groups is 1. The minimum atomic E-state index is -0.742. The van der Waals surface area contributed by atoms with E-state index in [2.05, 4.69) is 5.10 Å². The minimum absolute atomic E-state index is 0.251. The first-order valence-electron chi connectivity index (χ1n) is 7.56. The maximum Gasteiger partial charge on any atom is 0.243 e. The van der Waals surface area contributed by atoms with Gasteiger partial charge in [-0.1, -0.05) is 11.6 Å². The molecule has 1 aliphatic rings. The molecular weight excluding hydrogens is 344 g/mol. The number of methoxy groups -OCH3 is 2. The van der Waals surface area contributed by atoms with Crippen molar-refractivity contribution >= 4 is 23.4 Å². The van der Waals surface area contributed by atoms with Crippen LogP contribution < -0.4 is 9.47 Å². The van der Waals surface area contributed by atoms with Gasteiger partial charge in [-0.05, 0) is 42.5 Å². The van der Waals surface area contributed by atoms with Crippen molar-refractivity contribution in [3.8, 4) is 11.5 Å². The van der Waals surface area contributed by atoms with E-state index in [4.69, 9.17) is 25.8 Å². The summed E-state index contributed by atoms with van der Waals surface area (Å²) in [4.78, 5) is 12.1. The standard InChI is InChI=1S/C18H17ClN2O4/c1-11(22)21-18(15-10-14(23-2)8-9-16(15)24-3)25-17(20-21)12-4-6-13(19)7-5-12/h4-10,18H,1-3H3/t18-/m1/s1. The Morgan fingerprint density at radius 1 is 1.16 bits per heavy atom. The smallest absolute Gasteiger partial charge is 0.243 e. The van der Waals surface area contributed by atoms with E-state index in [1.54, 1.807) is 56.7 Å². The Hall–Kier alpha value is -2.73. The van der Waals surface area contributed by atoms with Gasteiger partial charge in [-0.3, -0.25) is 4.79 Å². The molecule has 2 aromatic rings. The van der Waals surface area contributed by atoms with Gasteiger partial charge in [0.15, 0.2) is 0 Å². The molecule has 0 N–H and O–H groups in total. The van der Waals surface area contributed by atoms with E-state index in [1.807, 2.05) is 0 Å². The average Bonchev–Trinajstić information content (AvgIpc) is 3.07. The van der Waals surface area contributed by atoms with E-state index in [0.717, 1.165) is 5.56 Å². The zero-order valence-corrected chi connectivity index (χ0v) is 14.8. The molecule has 6 nitrogen and oxygen atoms in total. The lowest BCUT2D eigenvalue weighted by atomic mass is 10.1. The van der Waals surface area contributed by atoms with Gasteiger partial charge in [0.1, 0.15) is 11.5 Å². The van der Waals surface area contributed by atoms with Gasteiger partial charge >= 0.3 is 0 Å². The van der Waals surface area contributed by atoms with Crippen LogP contribution in [0.1, 0.15) is 24.3 Å². The number of hydrogen-bond acceptors (Lipinski definition) is 5. The highest BCUT2D eigenvalue weighted by Gasteiger charge is 2.35. The van der Waals surface area contributed by atoms with Gasteiger partial charge in [-0.25, -0.2) is 0 Å². The zero-order valence-electron chi connectivity index (χ0n) is 14.0.